The number of H-pyrrole nitrogens is 1. The molecule has 0 aliphatic rings. The molecule has 0 unspecified atom stereocenters. The van der Waals surface area contributed by atoms with Gasteiger partial charge in [-0.2, -0.15) is 0 Å². The number of anilines is 1. The van der Waals surface area contributed by atoms with E-state index in [0.29, 0.717) is 17.8 Å². The van der Waals surface area contributed by atoms with Gasteiger partial charge in [-0.05, 0) is 57.9 Å². The largest absolute Gasteiger partial charge is 0.455 e. The number of hydrogen-bond acceptors (Lipinski definition) is 4. The summed E-state index contributed by atoms with van der Waals surface area (Å²) in [7, 11) is -3.36. The number of esters is 1. The third kappa shape index (κ3) is 4.98. The van der Waals surface area contributed by atoms with Gasteiger partial charge in [0.25, 0.3) is 0 Å². The number of fused-ring (bicyclic) bond motifs is 1. The molecular weight excluding hydrogens is 340 g/mol. The first-order chi connectivity index (χ1) is 11.5. The molecule has 0 atom stereocenters. The maximum Gasteiger partial charge on any atom is 0.355 e. The predicted molar refractivity (Wildman–Crippen MR) is 101 cm³/mol. The molecule has 0 radical (unpaired) electrons. The molecule has 0 bridgehead atoms. The Morgan fingerprint density at radius 3 is 2.56 bits per heavy atom. The second-order valence-corrected chi connectivity index (χ2v) is 9.00. The highest BCUT2D eigenvalue weighted by atomic mass is 32.2. The van der Waals surface area contributed by atoms with Crippen molar-refractivity contribution in [2.45, 2.75) is 53.1 Å². The van der Waals surface area contributed by atoms with Crippen LogP contribution in [0.15, 0.2) is 18.2 Å². The van der Waals surface area contributed by atoms with E-state index in [4.69, 9.17) is 4.74 Å². The molecule has 1 aromatic carbocycles. The summed E-state index contributed by atoms with van der Waals surface area (Å²) in [6.07, 6.45) is 1.43. The second-order valence-electron chi connectivity index (χ2n) is 7.16. The lowest BCUT2D eigenvalue weighted by Crippen LogP contribution is -2.24. The number of hydrogen-bond donors (Lipinski definition) is 2. The van der Waals surface area contributed by atoms with E-state index >= 15 is 0 Å². The zero-order valence-corrected chi connectivity index (χ0v) is 16.2. The SMILES string of the molecule is CCCCS(=O)(=O)Nc1ccc2[nH]c(C(=O)OC(C)(C)C)c(C)c2c1. The minimum Gasteiger partial charge on any atom is -0.455 e. The summed E-state index contributed by atoms with van der Waals surface area (Å²) >= 11 is 0. The summed E-state index contributed by atoms with van der Waals surface area (Å²) in [6.45, 7) is 9.20. The summed E-state index contributed by atoms with van der Waals surface area (Å²) in [5.41, 5.74) is 1.78. The van der Waals surface area contributed by atoms with Crippen molar-refractivity contribution in [1.29, 1.82) is 0 Å². The van der Waals surface area contributed by atoms with E-state index in [1.807, 2.05) is 34.6 Å². The molecule has 2 rings (SSSR count). The highest BCUT2D eigenvalue weighted by molar-refractivity contribution is 7.92. The van der Waals surface area contributed by atoms with Gasteiger partial charge in [-0.1, -0.05) is 13.3 Å². The molecule has 0 saturated heterocycles. The van der Waals surface area contributed by atoms with Crippen molar-refractivity contribution >= 4 is 32.6 Å². The quantitative estimate of drug-likeness (QED) is 0.757. The number of benzene rings is 1. The summed E-state index contributed by atoms with van der Waals surface area (Å²) < 4.78 is 32.1. The molecule has 7 heteroatoms. The smallest absolute Gasteiger partial charge is 0.355 e. The number of unbranched alkanes of at least 4 members (excludes halogenated alkanes) is 1. The monoisotopic (exact) mass is 366 g/mol. The van der Waals surface area contributed by atoms with Crippen LogP contribution < -0.4 is 4.72 Å². The Bertz CT molecular complexity index is 876. The third-order valence-corrected chi connectivity index (χ3v) is 5.07. The van der Waals surface area contributed by atoms with Crippen molar-refractivity contribution < 1.29 is 17.9 Å². The number of aryl methyl sites for hydroxylation is 1. The van der Waals surface area contributed by atoms with Crippen molar-refractivity contribution in [2.75, 3.05) is 10.5 Å². The maximum absolute atomic E-state index is 12.3. The normalized spacial score (nSPS) is 12.4. The van der Waals surface area contributed by atoms with Gasteiger partial charge >= 0.3 is 5.97 Å². The zero-order valence-electron chi connectivity index (χ0n) is 15.4. The number of ether oxygens (including phenoxy) is 1. The first kappa shape index (κ1) is 19.3. The van der Waals surface area contributed by atoms with Gasteiger partial charge in [-0.15, -0.1) is 0 Å². The standard InChI is InChI=1S/C18H26N2O4S/c1-6-7-10-25(22,23)20-13-8-9-15-14(11-13)12(2)16(19-15)17(21)24-18(3,4)5/h8-9,11,19-20H,6-7,10H2,1-5H3. The molecule has 2 aromatic rings. The van der Waals surface area contributed by atoms with E-state index in [1.165, 1.54) is 0 Å². The fraction of sp³-hybridized carbons (Fsp3) is 0.500. The molecule has 0 aliphatic heterocycles. The Kier molecular flexibility index (Phi) is 5.46. The number of nitrogens with one attached hydrogen (secondary N) is 2. The maximum atomic E-state index is 12.3. The van der Waals surface area contributed by atoms with E-state index in [1.54, 1.807) is 18.2 Å². The van der Waals surface area contributed by atoms with Gasteiger partial charge in [0.1, 0.15) is 11.3 Å². The molecule has 0 aliphatic carbocycles. The topological polar surface area (TPSA) is 88.3 Å². The predicted octanol–water partition coefficient (Wildman–Crippen LogP) is 3.97. The highest BCUT2D eigenvalue weighted by Crippen LogP contribution is 2.27. The van der Waals surface area contributed by atoms with Crippen LogP contribution in [-0.2, 0) is 14.8 Å². The number of sulfonamides is 1. The van der Waals surface area contributed by atoms with Crippen LogP contribution in [0.3, 0.4) is 0 Å². The van der Waals surface area contributed by atoms with Crippen LogP contribution in [0.25, 0.3) is 10.9 Å². The summed E-state index contributed by atoms with van der Waals surface area (Å²) in [6, 6.07) is 5.17. The van der Waals surface area contributed by atoms with Gasteiger partial charge in [0.05, 0.1) is 5.75 Å². The van der Waals surface area contributed by atoms with Gasteiger partial charge < -0.3 is 9.72 Å². The molecule has 25 heavy (non-hydrogen) atoms. The van der Waals surface area contributed by atoms with Gasteiger partial charge in [0.15, 0.2) is 0 Å². The lowest BCUT2D eigenvalue weighted by molar-refractivity contribution is 0.00631. The minimum absolute atomic E-state index is 0.0941. The number of carbonyl (C=O) groups is 1. The molecule has 1 aromatic heterocycles. The van der Waals surface area contributed by atoms with Crippen LogP contribution in [0.5, 0.6) is 0 Å². The third-order valence-electron chi connectivity index (χ3n) is 3.70. The lowest BCUT2D eigenvalue weighted by Gasteiger charge is -2.19. The van der Waals surface area contributed by atoms with E-state index in [2.05, 4.69) is 9.71 Å². The molecule has 0 spiro atoms. The number of aromatic amines is 1. The van der Waals surface area contributed by atoms with E-state index in [9.17, 15) is 13.2 Å². The summed E-state index contributed by atoms with van der Waals surface area (Å²) in [5, 5.41) is 0.788. The van der Waals surface area contributed by atoms with Gasteiger partial charge in [-0.25, -0.2) is 13.2 Å². The zero-order chi connectivity index (χ0) is 18.8. The molecule has 138 valence electrons. The van der Waals surface area contributed by atoms with E-state index < -0.39 is 21.6 Å². The average molecular weight is 366 g/mol. The van der Waals surface area contributed by atoms with E-state index in [0.717, 1.165) is 22.9 Å². The first-order valence-corrected chi connectivity index (χ1v) is 10.0. The summed E-state index contributed by atoms with van der Waals surface area (Å²) in [4.78, 5) is 15.4. The van der Waals surface area contributed by atoms with Crippen LogP contribution in [0, 0.1) is 6.92 Å². The first-order valence-electron chi connectivity index (χ1n) is 8.38. The summed E-state index contributed by atoms with van der Waals surface area (Å²) in [5.74, 6) is -0.331. The Balaban J connectivity index is 2.32. The molecule has 6 nitrogen and oxygen atoms in total. The lowest BCUT2D eigenvalue weighted by atomic mass is 10.1. The molecule has 0 fully saturated rings. The minimum atomic E-state index is -3.36. The Morgan fingerprint density at radius 2 is 1.96 bits per heavy atom. The van der Waals surface area contributed by atoms with Crippen molar-refractivity contribution in [3.63, 3.8) is 0 Å². The van der Waals surface area contributed by atoms with Crippen LogP contribution in [0.1, 0.15) is 56.6 Å². The number of aromatic nitrogens is 1. The van der Waals surface area contributed by atoms with Crippen molar-refractivity contribution in [3.8, 4) is 0 Å². The number of carbonyl (C=O) groups excluding carboxylic acids is 1. The highest BCUT2D eigenvalue weighted by Gasteiger charge is 2.22. The molecular formula is C18H26N2O4S. The Morgan fingerprint density at radius 1 is 1.28 bits per heavy atom. The van der Waals surface area contributed by atoms with E-state index in [-0.39, 0.29) is 5.75 Å². The van der Waals surface area contributed by atoms with Crippen molar-refractivity contribution in [2.24, 2.45) is 0 Å². The molecule has 0 amide bonds. The molecule has 1 heterocycles. The molecule has 2 N–H and O–H groups in total. The van der Waals surface area contributed by atoms with Crippen LogP contribution in [0.4, 0.5) is 5.69 Å². The Labute approximate surface area is 149 Å². The fourth-order valence-corrected chi connectivity index (χ4v) is 3.75. The number of rotatable bonds is 6. The van der Waals surface area contributed by atoms with Crippen LogP contribution >= 0.6 is 0 Å². The fourth-order valence-electron chi connectivity index (χ4n) is 2.49. The van der Waals surface area contributed by atoms with Crippen LogP contribution in [-0.4, -0.2) is 30.7 Å². The second kappa shape index (κ2) is 7.07. The average Bonchev–Trinajstić information content (AvgIpc) is 2.80. The van der Waals surface area contributed by atoms with Crippen LogP contribution in [0.2, 0.25) is 0 Å². The van der Waals surface area contributed by atoms with Gasteiger partial charge in [-0.3, -0.25) is 4.72 Å². The van der Waals surface area contributed by atoms with Gasteiger partial charge in [0, 0.05) is 16.6 Å². The van der Waals surface area contributed by atoms with Crippen molar-refractivity contribution in [3.05, 3.63) is 29.5 Å². The van der Waals surface area contributed by atoms with Gasteiger partial charge in [0.2, 0.25) is 10.0 Å². The Hall–Kier alpha value is -2.02. The molecule has 0 saturated carbocycles. The van der Waals surface area contributed by atoms with Crippen molar-refractivity contribution in [1.82, 2.24) is 4.98 Å².